The molecule has 1 aliphatic carbocycles. The fourth-order valence-corrected chi connectivity index (χ4v) is 3.99. The van der Waals surface area contributed by atoms with Gasteiger partial charge >= 0.3 is 0 Å². The van der Waals surface area contributed by atoms with E-state index in [9.17, 15) is 9.59 Å². The van der Waals surface area contributed by atoms with Gasteiger partial charge in [0, 0.05) is 18.1 Å². The number of hydrogen-bond donors (Lipinski definition) is 1. The summed E-state index contributed by atoms with van der Waals surface area (Å²) in [5.74, 6) is -0.194. The van der Waals surface area contributed by atoms with Crippen molar-refractivity contribution in [2.24, 2.45) is 0 Å². The minimum absolute atomic E-state index is 0.0798. The van der Waals surface area contributed by atoms with Crippen LogP contribution >= 0.6 is 11.6 Å². The average Bonchev–Trinajstić information content (AvgIpc) is 2.80. The summed E-state index contributed by atoms with van der Waals surface area (Å²) in [5, 5.41) is 3.67. The van der Waals surface area contributed by atoms with E-state index in [1.165, 1.54) is 18.4 Å². The Morgan fingerprint density at radius 3 is 2.45 bits per heavy atom. The summed E-state index contributed by atoms with van der Waals surface area (Å²) >= 11 is 5.96. The predicted octanol–water partition coefficient (Wildman–Crippen LogP) is 5.31. The number of carbonyl (C=O) groups excluding carboxylic acids is 2. The third-order valence-electron chi connectivity index (χ3n) is 5.76. The largest absolute Gasteiger partial charge is 0.354 e. The summed E-state index contributed by atoms with van der Waals surface area (Å²) in [6.45, 7) is 2.81. The number of rotatable bonds is 9. The smallest absolute Gasteiger partial charge is 0.242 e. The molecule has 0 heterocycles. The molecule has 2 aromatic carbocycles. The summed E-state index contributed by atoms with van der Waals surface area (Å²) in [4.78, 5) is 27.7. The molecule has 31 heavy (non-hydrogen) atoms. The van der Waals surface area contributed by atoms with Crippen LogP contribution in [0.2, 0.25) is 5.02 Å². The highest BCUT2D eigenvalue weighted by atomic mass is 35.5. The van der Waals surface area contributed by atoms with E-state index in [4.69, 9.17) is 11.6 Å². The Balaban J connectivity index is 1.65. The molecule has 0 aliphatic heterocycles. The lowest BCUT2D eigenvalue weighted by atomic mass is 9.97. The van der Waals surface area contributed by atoms with Crippen molar-refractivity contribution in [3.8, 4) is 0 Å². The van der Waals surface area contributed by atoms with Gasteiger partial charge < -0.3 is 10.2 Å². The molecule has 3 rings (SSSR count). The second kappa shape index (κ2) is 11.7. The van der Waals surface area contributed by atoms with Crippen LogP contribution in [0, 0.1) is 0 Å². The summed E-state index contributed by atoms with van der Waals surface area (Å²) in [6, 6.07) is 16.5. The molecule has 0 fully saturated rings. The van der Waals surface area contributed by atoms with Crippen LogP contribution in [0.25, 0.3) is 0 Å². The molecule has 0 saturated heterocycles. The topological polar surface area (TPSA) is 49.4 Å². The number of benzene rings is 2. The Morgan fingerprint density at radius 1 is 1.03 bits per heavy atom. The van der Waals surface area contributed by atoms with E-state index in [0.29, 0.717) is 18.1 Å². The van der Waals surface area contributed by atoms with Crippen LogP contribution < -0.4 is 5.32 Å². The lowest BCUT2D eigenvalue weighted by molar-refractivity contribution is -0.140. The van der Waals surface area contributed by atoms with E-state index in [1.807, 2.05) is 42.5 Å². The summed E-state index contributed by atoms with van der Waals surface area (Å²) in [5.41, 5.74) is 3.31. The van der Waals surface area contributed by atoms with Crippen LogP contribution in [0.3, 0.4) is 0 Å². The van der Waals surface area contributed by atoms with Crippen LogP contribution in [-0.4, -0.2) is 29.3 Å². The maximum atomic E-state index is 13.2. The first kappa shape index (κ1) is 23.1. The normalized spacial score (nSPS) is 14.5. The number of nitrogens with zero attached hydrogens (tertiary/aromatic N) is 1. The molecule has 1 N–H and O–H groups in total. The molecule has 0 saturated carbocycles. The molecule has 5 heteroatoms. The van der Waals surface area contributed by atoms with Gasteiger partial charge in [-0.05, 0) is 62.3 Å². The molecule has 0 bridgehead atoms. The number of halogens is 1. The van der Waals surface area contributed by atoms with Gasteiger partial charge in [0.1, 0.15) is 6.04 Å². The van der Waals surface area contributed by atoms with Gasteiger partial charge in [-0.1, -0.05) is 65.7 Å². The molecule has 164 valence electrons. The highest BCUT2D eigenvalue weighted by Gasteiger charge is 2.26. The molecule has 2 aromatic rings. The highest BCUT2D eigenvalue weighted by molar-refractivity contribution is 6.30. The zero-order valence-corrected chi connectivity index (χ0v) is 18.9. The van der Waals surface area contributed by atoms with E-state index >= 15 is 0 Å². The maximum Gasteiger partial charge on any atom is 0.242 e. The van der Waals surface area contributed by atoms with Crippen molar-refractivity contribution >= 4 is 23.4 Å². The Hall–Kier alpha value is -2.59. The molecule has 2 amide bonds. The van der Waals surface area contributed by atoms with E-state index < -0.39 is 6.04 Å². The zero-order valence-electron chi connectivity index (χ0n) is 18.1. The lowest BCUT2D eigenvalue weighted by Gasteiger charge is -2.29. The van der Waals surface area contributed by atoms with Gasteiger partial charge in [0.15, 0.2) is 0 Å². The molecule has 1 atom stereocenters. The maximum absolute atomic E-state index is 13.2. The second-order valence-corrected chi connectivity index (χ2v) is 8.57. The fraction of sp³-hybridized carbons (Fsp3) is 0.385. The first-order valence-electron chi connectivity index (χ1n) is 11.1. The van der Waals surface area contributed by atoms with Crippen LogP contribution in [0.15, 0.2) is 66.2 Å². The van der Waals surface area contributed by atoms with Crippen molar-refractivity contribution in [2.45, 2.75) is 58.0 Å². The number of amides is 2. The zero-order chi connectivity index (χ0) is 22.1. The van der Waals surface area contributed by atoms with E-state index in [-0.39, 0.29) is 18.2 Å². The lowest BCUT2D eigenvalue weighted by Crippen LogP contribution is -2.48. The van der Waals surface area contributed by atoms with Crippen LogP contribution in [-0.2, 0) is 22.6 Å². The summed E-state index contributed by atoms with van der Waals surface area (Å²) in [6.07, 6.45) is 8.19. The van der Waals surface area contributed by atoms with Gasteiger partial charge in [-0.25, -0.2) is 0 Å². The van der Waals surface area contributed by atoms with E-state index in [2.05, 4.69) is 11.4 Å². The Morgan fingerprint density at radius 2 is 1.77 bits per heavy atom. The third kappa shape index (κ3) is 7.25. The van der Waals surface area contributed by atoms with Crippen molar-refractivity contribution in [1.29, 1.82) is 0 Å². The Labute approximate surface area is 190 Å². The molecular weight excluding hydrogens is 408 g/mol. The molecular formula is C26H31ClN2O2. The van der Waals surface area contributed by atoms with E-state index in [1.54, 1.807) is 24.0 Å². The fourth-order valence-electron chi connectivity index (χ4n) is 3.87. The van der Waals surface area contributed by atoms with Crippen molar-refractivity contribution in [2.75, 3.05) is 6.54 Å². The molecule has 0 aromatic heterocycles. The van der Waals surface area contributed by atoms with Gasteiger partial charge in [0.2, 0.25) is 11.8 Å². The standard InChI is InChI=1S/C26H31ClN2O2/c1-20(26(31)28-17-16-21-8-4-2-5-9-21)29(19-23-10-6-3-7-11-23)25(30)18-22-12-14-24(27)15-13-22/h3,6-8,10-15,20H,2,4-5,9,16-19H2,1H3,(H,28,31). The third-order valence-corrected chi connectivity index (χ3v) is 6.01. The second-order valence-electron chi connectivity index (χ2n) is 8.14. The summed E-state index contributed by atoms with van der Waals surface area (Å²) < 4.78 is 0. The van der Waals surface area contributed by atoms with Gasteiger partial charge in [-0.3, -0.25) is 9.59 Å². The van der Waals surface area contributed by atoms with Gasteiger partial charge in [0.05, 0.1) is 6.42 Å². The SMILES string of the molecule is CC(C(=O)NCCC1=CCCCC1)N(Cc1ccccc1)C(=O)Cc1ccc(Cl)cc1. The average molecular weight is 439 g/mol. The quantitative estimate of drug-likeness (QED) is 0.539. The van der Waals surface area contributed by atoms with Crippen LogP contribution in [0.1, 0.15) is 50.2 Å². The Kier molecular flexibility index (Phi) is 8.72. The number of hydrogen-bond acceptors (Lipinski definition) is 2. The minimum atomic E-state index is -0.555. The van der Waals surface area contributed by atoms with Crippen LogP contribution in [0.4, 0.5) is 0 Å². The van der Waals surface area contributed by atoms with Gasteiger partial charge in [-0.2, -0.15) is 0 Å². The van der Waals surface area contributed by atoms with Crippen molar-refractivity contribution in [3.05, 3.63) is 82.4 Å². The Bertz CT molecular complexity index is 893. The first-order chi connectivity index (χ1) is 15.0. The molecule has 1 unspecified atom stereocenters. The molecule has 0 spiro atoms. The predicted molar refractivity (Wildman–Crippen MR) is 126 cm³/mol. The number of nitrogens with one attached hydrogen (secondary N) is 1. The van der Waals surface area contributed by atoms with Gasteiger partial charge in [0.25, 0.3) is 0 Å². The molecule has 0 radical (unpaired) electrons. The van der Waals surface area contributed by atoms with Crippen molar-refractivity contribution in [1.82, 2.24) is 10.2 Å². The number of carbonyl (C=O) groups is 2. The number of allylic oxidation sites excluding steroid dienone is 1. The molecule has 1 aliphatic rings. The highest BCUT2D eigenvalue weighted by Crippen LogP contribution is 2.19. The monoisotopic (exact) mass is 438 g/mol. The first-order valence-corrected chi connectivity index (χ1v) is 11.4. The van der Waals surface area contributed by atoms with Crippen molar-refractivity contribution < 1.29 is 9.59 Å². The summed E-state index contributed by atoms with van der Waals surface area (Å²) in [7, 11) is 0. The van der Waals surface area contributed by atoms with Crippen molar-refractivity contribution in [3.63, 3.8) is 0 Å². The minimum Gasteiger partial charge on any atom is -0.354 e. The van der Waals surface area contributed by atoms with Crippen LogP contribution in [0.5, 0.6) is 0 Å². The van der Waals surface area contributed by atoms with E-state index in [0.717, 1.165) is 30.4 Å². The molecule has 4 nitrogen and oxygen atoms in total. The van der Waals surface area contributed by atoms with Gasteiger partial charge in [-0.15, -0.1) is 0 Å².